The maximum atomic E-state index is 11.2. The first-order valence-corrected chi connectivity index (χ1v) is 6.01. The number of anilines is 2. The molecule has 92 valence electrons. The number of carbonyl (C=O) groups is 1. The molecule has 1 aromatic carbocycles. The van der Waals surface area contributed by atoms with Crippen molar-refractivity contribution >= 4 is 28.9 Å². The number of nitrogens with zero attached hydrogens (tertiary/aromatic N) is 2. The Kier molecular flexibility index (Phi) is 3.43. The largest absolute Gasteiger partial charge is 0.399 e. The summed E-state index contributed by atoms with van der Waals surface area (Å²) in [5, 5.41) is 0.668. The van der Waals surface area contributed by atoms with Gasteiger partial charge in [-0.1, -0.05) is 11.6 Å². The Balaban J connectivity index is 2.08. The number of benzene rings is 1. The van der Waals surface area contributed by atoms with Crippen molar-refractivity contribution in [2.24, 2.45) is 0 Å². The molecule has 4 nitrogen and oxygen atoms in total. The quantitative estimate of drug-likeness (QED) is 0.774. The van der Waals surface area contributed by atoms with E-state index < -0.39 is 0 Å². The summed E-state index contributed by atoms with van der Waals surface area (Å²) in [5.74, 6) is 0.132. The average Bonchev–Trinajstić information content (AvgIpc) is 2.29. The van der Waals surface area contributed by atoms with Crippen LogP contribution in [0.25, 0.3) is 0 Å². The third kappa shape index (κ3) is 2.64. The highest BCUT2D eigenvalue weighted by atomic mass is 35.5. The number of hydrogen-bond donors (Lipinski definition) is 1. The van der Waals surface area contributed by atoms with Gasteiger partial charge in [0.2, 0.25) is 5.91 Å². The van der Waals surface area contributed by atoms with E-state index in [1.807, 2.05) is 17.0 Å². The van der Waals surface area contributed by atoms with Crippen molar-refractivity contribution in [3.63, 3.8) is 0 Å². The molecule has 0 aliphatic carbocycles. The predicted octanol–water partition coefficient (Wildman–Crippen LogP) is 1.59. The van der Waals surface area contributed by atoms with Crippen LogP contribution in [0.3, 0.4) is 0 Å². The van der Waals surface area contributed by atoms with Gasteiger partial charge in [-0.25, -0.2) is 0 Å². The van der Waals surface area contributed by atoms with Crippen LogP contribution in [0.2, 0.25) is 5.02 Å². The molecule has 0 saturated carbocycles. The second kappa shape index (κ2) is 4.84. The van der Waals surface area contributed by atoms with E-state index in [4.69, 9.17) is 17.3 Å². The molecular weight excluding hydrogens is 238 g/mol. The lowest BCUT2D eigenvalue weighted by atomic mass is 10.2. The minimum atomic E-state index is 0.132. The van der Waals surface area contributed by atoms with Crippen molar-refractivity contribution < 1.29 is 4.79 Å². The SMILES string of the molecule is CC(=O)N1CCN(c2ccc(N)cc2Cl)CC1. The molecule has 1 heterocycles. The van der Waals surface area contributed by atoms with Gasteiger partial charge in [-0.15, -0.1) is 0 Å². The fraction of sp³-hybridized carbons (Fsp3) is 0.417. The lowest BCUT2D eigenvalue weighted by molar-refractivity contribution is -0.129. The predicted molar refractivity (Wildman–Crippen MR) is 70.3 cm³/mol. The zero-order valence-corrected chi connectivity index (χ0v) is 10.6. The van der Waals surface area contributed by atoms with Gasteiger partial charge in [0.15, 0.2) is 0 Å². The minimum Gasteiger partial charge on any atom is -0.399 e. The normalized spacial score (nSPS) is 16.1. The van der Waals surface area contributed by atoms with E-state index in [9.17, 15) is 4.79 Å². The van der Waals surface area contributed by atoms with Gasteiger partial charge in [0.1, 0.15) is 0 Å². The van der Waals surface area contributed by atoms with Gasteiger partial charge < -0.3 is 15.5 Å². The maximum absolute atomic E-state index is 11.2. The molecule has 1 fully saturated rings. The molecule has 0 unspecified atom stereocenters. The molecule has 1 saturated heterocycles. The van der Waals surface area contributed by atoms with E-state index in [0.717, 1.165) is 31.9 Å². The molecule has 2 rings (SSSR count). The van der Waals surface area contributed by atoms with E-state index in [0.29, 0.717) is 10.7 Å². The molecule has 1 amide bonds. The van der Waals surface area contributed by atoms with Crippen molar-refractivity contribution in [1.82, 2.24) is 4.90 Å². The van der Waals surface area contributed by atoms with E-state index in [2.05, 4.69) is 4.90 Å². The first kappa shape index (κ1) is 12.0. The summed E-state index contributed by atoms with van der Waals surface area (Å²) in [6.45, 7) is 4.71. The number of nitrogen functional groups attached to an aromatic ring is 1. The number of amides is 1. The van der Waals surface area contributed by atoms with Crippen LogP contribution < -0.4 is 10.6 Å². The van der Waals surface area contributed by atoms with Crippen LogP contribution in [-0.2, 0) is 4.79 Å². The number of nitrogens with two attached hydrogens (primary N) is 1. The molecule has 1 aliphatic heterocycles. The smallest absolute Gasteiger partial charge is 0.219 e. The Hall–Kier alpha value is -1.42. The van der Waals surface area contributed by atoms with Gasteiger partial charge in [0.25, 0.3) is 0 Å². The summed E-state index contributed by atoms with van der Waals surface area (Å²) in [7, 11) is 0. The summed E-state index contributed by atoms with van der Waals surface area (Å²) in [5.41, 5.74) is 7.32. The van der Waals surface area contributed by atoms with Crippen LogP contribution in [-0.4, -0.2) is 37.0 Å². The molecule has 0 atom stereocenters. The number of piperazine rings is 1. The van der Waals surface area contributed by atoms with Crippen molar-refractivity contribution in [1.29, 1.82) is 0 Å². The zero-order valence-electron chi connectivity index (χ0n) is 9.82. The summed E-state index contributed by atoms with van der Waals surface area (Å²) < 4.78 is 0. The van der Waals surface area contributed by atoms with Crippen molar-refractivity contribution in [3.05, 3.63) is 23.2 Å². The van der Waals surface area contributed by atoms with Gasteiger partial charge in [0.05, 0.1) is 10.7 Å². The van der Waals surface area contributed by atoms with Crippen LogP contribution in [0.1, 0.15) is 6.92 Å². The van der Waals surface area contributed by atoms with E-state index in [1.54, 1.807) is 13.0 Å². The molecule has 0 bridgehead atoms. The molecule has 2 N–H and O–H groups in total. The second-order valence-electron chi connectivity index (χ2n) is 4.20. The Labute approximate surface area is 106 Å². The van der Waals surface area contributed by atoms with Gasteiger partial charge in [-0.2, -0.15) is 0 Å². The Morgan fingerprint density at radius 3 is 2.47 bits per heavy atom. The number of halogens is 1. The van der Waals surface area contributed by atoms with Crippen molar-refractivity contribution in [3.8, 4) is 0 Å². The van der Waals surface area contributed by atoms with Crippen LogP contribution >= 0.6 is 11.6 Å². The van der Waals surface area contributed by atoms with Crippen molar-refractivity contribution in [2.75, 3.05) is 36.8 Å². The molecule has 0 spiro atoms. The fourth-order valence-electron chi connectivity index (χ4n) is 2.04. The van der Waals surface area contributed by atoms with E-state index in [-0.39, 0.29) is 5.91 Å². The van der Waals surface area contributed by atoms with Crippen LogP contribution in [0.4, 0.5) is 11.4 Å². The average molecular weight is 254 g/mol. The topological polar surface area (TPSA) is 49.6 Å². The molecule has 1 aliphatic rings. The standard InChI is InChI=1S/C12H16ClN3O/c1-9(17)15-4-6-16(7-5-15)12-3-2-10(14)8-11(12)13/h2-3,8H,4-7,14H2,1H3. The van der Waals surface area contributed by atoms with Crippen LogP contribution in [0.5, 0.6) is 0 Å². The molecule has 17 heavy (non-hydrogen) atoms. The molecular formula is C12H16ClN3O. The Morgan fingerprint density at radius 2 is 1.94 bits per heavy atom. The molecule has 1 aromatic rings. The zero-order chi connectivity index (χ0) is 12.4. The summed E-state index contributed by atoms with van der Waals surface area (Å²) >= 11 is 6.16. The first-order chi connectivity index (χ1) is 8.08. The molecule has 5 heteroatoms. The monoisotopic (exact) mass is 253 g/mol. The Morgan fingerprint density at radius 1 is 1.29 bits per heavy atom. The minimum absolute atomic E-state index is 0.132. The summed E-state index contributed by atoms with van der Waals surface area (Å²) in [4.78, 5) is 15.2. The first-order valence-electron chi connectivity index (χ1n) is 5.63. The van der Waals surface area contributed by atoms with Gasteiger partial charge in [0, 0.05) is 38.8 Å². The number of carbonyl (C=O) groups excluding carboxylic acids is 1. The number of rotatable bonds is 1. The molecule has 0 aromatic heterocycles. The molecule has 0 radical (unpaired) electrons. The Bertz CT molecular complexity index is 428. The van der Waals surface area contributed by atoms with Gasteiger partial charge in [-0.3, -0.25) is 4.79 Å². The second-order valence-corrected chi connectivity index (χ2v) is 4.61. The van der Waals surface area contributed by atoms with E-state index >= 15 is 0 Å². The summed E-state index contributed by atoms with van der Waals surface area (Å²) in [6.07, 6.45) is 0. The van der Waals surface area contributed by atoms with Crippen LogP contribution in [0, 0.1) is 0 Å². The third-order valence-corrected chi connectivity index (χ3v) is 3.34. The lowest BCUT2D eigenvalue weighted by Gasteiger charge is -2.36. The highest BCUT2D eigenvalue weighted by Gasteiger charge is 2.20. The number of hydrogen-bond acceptors (Lipinski definition) is 3. The highest BCUT2D eigenvalue weighted by molar-refractivity contribution is 6.33. The van der Waals surface area contributed by atoms with Gasteiger partial charge >= 0.3 is 0 Å². The highest BCUT2D eigenvalue weighted by Crippen LogP contribution is 2.28. The third-order valence-electron chi connectivity index (χ3n) is 3.04. The lowest BCUT2D eigenvalue weighted by Crippen LogP contribution is -2.48. The van der Waals surface area contributed by atoms with Gasteiger partial charge in [-0.05, 0) is 18.2 Å². The fourth-order valence-corrected chi connectivity index (χ4v) is 2.35. The van der Waals surface area contributed by atoms with Crippen LogP contribution in [0.15, 0.2) is 18.2 Å². The van der Waals surface area contributed by atoms with E-state index in [1.165, 1.54) is 0 Å². The maximum Gasteiger partial charge on any atom is 0.219 e. The van der Waals surface area contributed by atoms with Crippen molar-refractivity contribution in [2.45, 2.75) is 6.92 Å². The summed E-state index contributed by atoms with van der Waals surface area (Å²) in [6, 6.07) is 5.54.